The van der Waals surface area contributed by atoms with E-state index in [4.69, 9.17) is 28.2 Å². The highest BCUT2D eigenvalue weighted by Gasteiger charge is 2.17. The average Bonchev–Trinajstić information content (AvgIpc) is 2.56. The molecule has 18 heavy (non-hydrogen) atoms. The number of nitrogens with zero attached hydrogens (tertiary/aromatic N) is 1. The van der Waals surface area contributed by atoms with Gasteiger partial charge in [-0.2, -0.15) is 0 Å². The second-order valence-electron chi connectivity index (χ2n) is 4.70. The zero-order valence-electron chi connectivity index (χ0n) is 9.77. The van der Waals surface area contributed by atoms with Crippen molar-refractivity contribution >= 4 is 56.7 Å². The van der Waals surface area contributed by atoms with Crippen LogP contribution in [-0.2, 0) is 12.8 Å². The number of halogens is 3. The van der Waals surface area contributed by atoms with Gasteiger partial charge in [-0.1, -0.05) is 29.6 Å². The molecular formula is C14H12Cl2IN. The number of fused-ring (bicyclic) bond motifs is 2. The molecule has 0 saturated carbocycles. The number of rotatable bonds is 0. The summed E-state index contributed by atoms with van der Waals surface area (Å²) in [6.45, 7) is 0. The maximum Gasteiger partial charge on any atom is 0.0907 e. The standard InChI is InChI=1S/C14H12Cl2IN/c15-11-7-8(17)6-10-13(16)9-4-2-1-3-5-12(9)18-14(10)11/h6-7H,1-5H2. The van der Waals surface area contributed by atoms with Crippen LogP contribution in [0.5, 0.6) is 0 Å². The van der Waals surface area contributed by atoms with E-state index in [2.05, 4.69) is 28.7 Å². The van der Waals surface area contributed by atoms with Crippen LogP contribution in [-0.4, -0.2) is 4.98 Å². The molecule has 94 valence electrons. The van der Waals surface area contributed by atoms with Gasteiger partial charge in [0, 0.05) is 14.7 Å². The molecule has 1 heterocycles. The van der Waals surface area contributed by atoms with Crippen LogP contribution >= 0.6 is 45.8 Å². The fraction of sp³-hybridized carbons (Fsp3) is 0.357. The highest BCUT2D eigenvalue weighted by atomic mass is 127. The molecule has 0 bridgehead atoms. The fourth-order valence-electron chi connectivity index (χ4n) is 2.57. The predicted octanol–water partition coefficient (Wildman–Crippen LogP) is 5.42. The van der Waals surface area contributed by atoms with Crippen LogP contribution in [0.4, 0.5) is 0 Å². The molecule has 0 amide bonds. The van der Waals surface area contributed by atoms with E-state index < -0.39 is 0 Å². The van der Waals surface area contributed by atoms with Crippen molar-refractivity contribution in [3.8, 4) is 0 Å². The van der Waals surface area contributed by atoms with Gasteiger partial charge in [0.05, 0.1) is 15.6 Å². The van der Waals surface area contributed by atoms with Crippen molar-refractivity contribution in [1.82, 2.24) is 4.98 Å². The third-order valence-corrected chi connectivity index (χ3v) is 4.81. The summed E-state index contributed by atoms with van der Waals surface area (Å²) < 4.78 is 1.10. The molecular weight excluding hydrogens is 380 g/mol. The molecule has 0 radical (unpaired) electrons. The van der Waals surface area contributed by atoms with E-state index in [1.165, 1.54) is 24.8 Å². The van der Waals surface area contributed by atoms with E-state index in [0.717, 1.165) is 38.0 Å². The van der Waals surface area contributed by atoms with Crippen LogP contribution in [0.25, 0.3) is 10.9 Å². The molecule has 1 aliphatic rings. The van der Waals surface area contributed by atoms with Crippen molar-refractivity contribution in [1.29, 1.82) is 0 Å². The largest absolute Gasteiger partial charge is 0.251 e. The Labute approximate surface area is 130 Å². The topological polar surface area (TPSA) is 12.9 Å². The van der Waals surface area contributed by atoms with Gasteiger partial charge in [-0.25, -0.2) is 0 Å². The zero-order valence-corrected chi connectivity index (χ0v) is 13.4. The number of hydrogen-bond acceptors (Lipinski definition) is 1. The number of benzene rings is 1. The van der Waals surface area contributed by atoms with Gasteiger partial charge >= 0.3 is 0 Å². The summed E-state index contributed by atoms with van der Waals surface area (Å²) in [5, 5.41) is 2.55. The first-order chi connectivity index (χ1) is 8.66. The number of hydrogen-bond donors (Lipinski definition) is 0. The lowest BCUT2D eigenvalue weighted by atomic mass is 10.1. The van der Waals surface area contributed by atoms with E-state index in [1.807, 2.05) is 6.07 Å². The summed E-state index contributed by atoms with van der Waals surface area (Å²) in [4.78, 5) is 4.76. The van der Waals surface area contributed by atoms with Crippen LogP contribution < -0.4 is 0 Å². The van der Waals surface area contributed by atoms with Gasteiger partial charge < -0.3 is 0 Å². The van der Waals surface area contributed by atoms with Crippen LogP contribution in [0.2, 0.25) is 10.0 Å². The first-order valence-corrected chi connectivity index (χ1v) is 7.96. The van der Waals surface area contributed by atoms with Crippen LogP contribution in [0.3, 0.4) is 0 Å². The quantitative estimate of drug-likeness (QED) is 0.432. The highest BCUT2D eigenvalue weighted by molar-refractivity contribution is 14.1. The summed E-state index contributed by atoms with van der Waals surface area (Å²) in [7, 11) is 0. The predicted molar refractivity (Wildman–Crippen MR) is 85.7 cm³/mol. The third-order valence-electron chi connectivity index (χ3n) is 3.47. The molecule has 3 rings (SSSR count). The van der Waals surface area contributed by atoms with Crippen LogP contribution in [0, 0.1) is 3.57 Å². The summed E-state index contributed by atoms with van der Waals surface area (Å²) in [5.74, 6) is 0. The number of pyridine rings is 1. The average molecular weight is 392 g/mol. The van der Waals surface area contributed by atoms with Gasteiger partial charge in [0.2, 0.25) is 0 Å². The van der Waals surface area contributed by atoms with Gasteiger partial charge in [-0.3, -0.25) is 4.98 Å². The van der Waals surface area contributed by atoms with E-state index in [1.54, 1.807) is 0 Å². The maximum atomic E-state index is 6.57. The second kappa shape index (κ2) is 5.14. The number of aromatic nitrogens is 1. The molecule has 0 atom stereocenters. The third kappa shape index (κ3) is 2.23. The molecule has 2 aromatic rings. The SMILES string of the molecule is Clc1c2c(nc3c(Cl)cc(I)cc13)CCCCC2. The Kier molecular flexibility index (Phi) is 3.70. The Morgan fingerprint density at radius 2 is 1.83 bits per heavy atom. The maximum absolute atomic E-state index is 6.57. The summed E-state index contributed by atoms with van der Waals surface area (Å²) in [6, 6.07) is 4.01. The smallest absolute Gasteiger partial charge is 0.0907 e. The van der Waals surface area contributed by atoms with Crippen molar-refractivity contribution in [2.45, 2.75) is 32.1 Å². The van der Waals surface area contributed by atoms with Crippen molar-refractivity contribution in [2.24, 2.45) is 0 Å². The van der Waals surface area contributed by atoms with Gasteiger partial charge in [0.15, 0.2) is 0 Å². The Morgan fingerprint density at radius 3 is 2.67 bits per heavy atom. The summed E-state index contributed by atoms with van der Waals surface area (Å²) in [6.07, 6.45) is 5.73. The molecule has 0 fully saturated rings. The first kappa shape index (κ1) is 12.9. The van der Waals surface area contributed by atoms with Crippen molar-refractivity contribution in [3.63, 3.8) is 0 Å². The monoisotopic (exact) mass is 391 g/mol. The minimum Gasteiger partial charge on any atom is -0.251 e. The molecule has 1 nitrogen and oxygen atoms in total. The normalized spacial score (nSPS) is 15.5. The van der Waals surface area contributed by atoms with Gasteiger partial charge in [-0.15, -0.1) is 0 Å². The lowest BCUT2D eigenvalue weighted by Crippen LogP contribution is -1.99. The van der Waals surface area contributed by atoms with Gasteiger partial charge in [-0.05, 0) is 66.0 Å². The molecule has 0 saturated heterocycles. The minimum atomic E-state index is 0.700. The Hall–Kier alpha value is -0.0600. The molecule has 1 aliphatic carbocycles. The number of aryl methyl sites for hydroxylation is 1. The summed E-state index contributed by atoms with van der Waals surface area (Å²) in [5.41, 5.74) is 3.23. The first-order valence-electron chi connectivity index (χ1n) is 6.13. The Bertz CT molecular complexity index is 625. The van der Waals surface area contributed by atoms with E-state index in [9.17, 15) is 0 Å². The van der Waals surface area contributed by atoms with E-state index in [0.29, 0.717) is 5.02 Å². The molecule has 4 heteroatoms. The van der Waals surface area contributed by atoms with Crippen molar-refractivity contribution in [2.75, 3.05) is 0 Å². The molecule has 0 aliphatic heterocycles. The molecule has 1 aromatic carbocycles. The lowest BCUT2D eigenvalue weighted by molar-refractivity contribution is 0.709. The molecule has 0 spiro atoms. The van der Waals surface area contributed by atoms with E-state index >= 15 is 0 Å². The molecule has 0 N–H and O–H groups in total. The highest BCUT2D eigenvalue weighted by Crippen LogP contribution is 2.35. The van der Waals surface area contributed by atoms with Gasteiger partial charge in [0.1, 0.15) is 0 Å². The van der Waals surface area contributed by atoms with Gasteiger partial charge in [0.25, 0.3) is 0 Å². The van der Waals surface area contributed by atoms with Crippen molar-refractivity contribution in [3.05, 3.63) is 37.0 Å². The Morgan fingerprint density at radius 1 is 1.06 bits per heavy atom. The lowest BCUT2D eigenvalue weighted by Gasteiger charge is -2.12. The second-order valence-corrected chi connectivity index (χ2v) is 6.73. The minimum absolute atomic E-state index is 0.700. The Balaban J connectivity index is 2.34. The van der Waals surface area contributed by atoms with Crippen molar-refractivity contribution < 1.29 is 0 Å². The van der Waals surface area contributed by atoms with Crippen LogP contribution in [0.1, 0.15) is 30.5 Å². The zero-order chi connectivity index (χ0) is 12.7. The molecule has 1 aromatic heterocycles. The molecule has 0 unspecified atom stereocenters. The van der Waals surface area contributed by atoms with E-state index in [-0.39, 0.29) is 0 Å². The van der Waals surface area contributed by atoms with Crippen LogP contribution in [0.15, 0.2) is 12.1 Å². The summed E-state index contributed by atoms with van der Waals surface area (Å²) >= 11 is 15.1. The fourth-order valence-corrected chi connectivity index (χ4v) is 3.99.